The third-order valence-electron chi connectivity index (χ3n) is 24.2. The Morgan fingerprint density at radius 3 is 0.983 bits per heavy atom. The third kappa shape index (κ3) is 10.1. The zero-order chi connectivity index (χ0) is 78.2. The molecule has 0 saturated carbocycles. The molecule has 0 unspecified atom stereocenters. The molecule has 24 rings (SSSR count). The minimum atomic E-state index is -0.836. The second-order valence-electron chi connectivity index (χ2n) is 30.4. The summed E-state index contributed by atoms with van der Waals surface area (Å²) in [4.78, 5) is 59.9. The van der Waals surface area contributed by atoms with Gasteiger partial charge in [0.15, 0.2) is 17.5 Å². The van der Waals surface area contributed by atoms with Crippen molar-refractivity contribution in [2.45, 2.75) is 10.8 Å². The fourth-order valence-electron chi connectivity index (χ4n) is 19.4. The smallest absolute Gasteiger partial charge is 0.263 e. The summed E-state index contributed by atoms with van der Waals surface area (Å²) in [5.74, 6) is 2.41. The van der Waals surface area contributed by atoms with Crippen molar-refractivity contribution in [2.75, 3.05) is 9.80 Å². The molecule has 2 spiro atoms. The number of nitrogens with zero attached hydrogens (tertiary/aromatic N) is 9. The molecule has 4 aliphatic rings. The molecule has 0 amide bonds. The van der Waals surface area contributed by atoms with Crippen LogP contribution in [0, 0.1) is 0 Å². The van der Waals surface area contributed by atoms with Gasteiger partial charge in [-0.25, -0.2) is 24.9 Å². The molecular formula is C107H67N9O2. The van der Waals surface area contributed by atoms with Crippen molar-refractivity contribution in [3.8, 4) is 79.2 Å². The molecule has 0 bridgehead atoms. The standard InChI is InChI=1S/C54H34N4O.C53H33N5O/c59-52-41-24-11-10-23-39(41)40-25-16-28-44-51(40)58(52)50-32-31-38(35-17-4-1-5-18-35)33-45(50)54(44)42-26-12-14-29-48(42)57(49-30-15-13-27-43(49)54)53-55-46(36-19-6-2-7-20-36)34-47(56-53)37-21-8-3-9-22-37;59-52-40-24-8-7-23-38(40)39-25-16-29-44-48(39)58(52)47-32-14-11-28-43(47)53(44)41-26-9-12-30-45(41)57(46-31-13-10-27-42(46)53)37-22-15-21-36(33-37)51-55-49(34-17-3-1-4-18-34)54-50(56-51)35-19-5-2-6-20-35/h1-34H;1-33H. The number of hydrogen-bond donors (Lipinski definition) is 0. The Hall–Kier alpha value is -15.9. The van der Waals surface area contributed by atoms with Crippen LogP contribution in [-0.2, 0) is 10.8 Å². The molecule has 4 aromatic heterocycles. The highest BCUT2D eigenvalue weighted by atomic mass is 16.1. The molecule has 0 saturated heterocycles. The number of hydrogen-bond acceptors (Lipinski definition) is 9. The lowest BCUT2D eigenvalue weighted by Gasteiger charge is -2.49. The first-order valence-electron chi connectivity index (χ1n) is 39.8. The summed E-state index contributed by atoms with van der Waals surface area (Å²) in [6.45, 7) is 0. The van der Waals surface area contributed by atoms with Gasteiger partial charge in [0.05, 0.1) is 67.4 Å². The minimum Gasteiger partial charge on any atom is -0.310 e. The van der Waals surface area contributed by atoms with Crippen LogP contribution in [0.1, 0.15) is 44.5 Å². The summed E-state index contributed by atoms with van der Waals surface area (Å²) in [5.41, 5.74) is 24.3. The van der Waals surface area contributed by atoms with Crippen LogP contribution in [0.25, 0.3) is 123 Å². The van der Waals surface area contributed by atoms with Gasteiger partial charge in [0.1, 0.15) is 0 Å². The average molecular weight is 1510 g/mol. The van der Waals surface area contributed by atoms with Crippen molar-refractivity contribution in [2.24, 2.45) is 0 Å². The predicted molar refractivity (Wildman–Crippen MR) is 476 cm³/mol. The zero-order valence-corrected chi connectivity index (χ0v) is 63.5. The number of benzene rings is 16. The molecule has 0 atom stereocenters. The Balaban J connectivity index is 0.000000138. The molecular weight excluding hydrogens is 1440 g/mol. The molecule has 11 nitrogen and oxygen atoms in total. The van der Waals surface area contributed by atoms with Gasteiger partial charge < -0.3 is 4.90 Å². The molecule has 16 aromatic carbocycles. The Morgan fingerprint density at radius 1 is 0.203 bits per heavy atom. The highest BCUT2D eigenvalue weighted by molar-refractivity contribution is 6.11. The van der Waals surface area contributed by atoms with Crippen LogP contribution in [0.15, 0.2) is 416 Å². The van der Waals surface area contributed by atoms with E-state index in [2.05, 4.69) is 271 Å². The number of para-hydroxylation sites is 7. The second-order valence-corrected chi connectivity index (χ2v) is 30.4. The van der Waals surface area contributed by atoms with E-state index in [9.17, 15) is 9.59 Å². The summed E-state index contributed by atoms with van der Waals surface area (Å²) in [5, 5.41) is 5.41. The maximum Gasteiger partial charge on any atom is 0.263 e. The Kier molecular flexibility index (Phi) is 15.5. The van der Waals surface area contributed by atoms with Gasteiger partial charge >= 0.3 is 0 Å². The Labute approximate surface area is 679 Å². The highest BCUT2D eigenvalue weighted by Crippen LogP contribution is 2.64. The lowest BCUT2D eigenvalue weighted by atomic mass is 9.60. The summed E-state index contributed by atoms with van der Waals surface area (Å²) < 4.78 is 3.93. The highest BCUT2D eigenvalue weighted by Gasteiger charge is 2.53. The predicted octanol–water partition coefficient (Wildman–Crippen LogP) is 24.2. The largest absolute Gasteiger partial charge is 0.310 e. The minimum absolute atomic E-state index is 0.0113. The maximum atomic E-state index is 14.9. The van der Waals surface area contributed by atoms with Crippen molar-refractivity contribution >= 4 is 77.7 Å². The van der Waals surface area contributed by atoms with Crippen LogP contribution in [0.5, 0.6) is 0 Å². The Bertz CT molecular complexity index is 7430. The first-order valence-corrected chi connectivity index (χ1v) is 39.8. The summed E-state index contributed by atoms with van der Waals surface area (Å²) >= 11 is 0. The van der Waals surface area contributed by atoms with Crippen LogP contribution in [0.4, 0.5) is 34.4 Å². The number of rotatable bonds is 8. The summed E-state index contributed by atoms with van der Waals surface area (Å²) in [6, 6.07) is 141. The first-order chi connectivity index (χ1) is 58.4. The lowest BCUT2D eigenvalue weighted by molar-refractivity contribution is 0.707. The van der Waals surface area contributed by atoms with E-state index in [4.69, 9.17) is 24.9 Å². The van der Waals surface area contributed by atoms with Crippen LogP contribution in [0.2, 0.25) is 0 Å². The van der Waals surface area contributed by atoms with Crippen LogP contribution in [0.3, 0.4) is 0 Å². The number of anilines is 6. The molecule has 8 heterocycles. The van der Waals surface area contributed by atoms with Gasteiger partial charge in [-0.15, -0.1) is 0 Å². The number of pyridine rings is 2. The molecule has 0 fully saturated rings. The van der Waals surface area contributed by atoms with Gasteiger partial charge in [0.25, 0.3) is 11.1 Å². The van der Waals surface area contributed by atoms with Gasteiger partial charge in [0, 0.05) is 55.0 Å². The van der Waals surface area contributed by atoms with Crippen molar-refractivity contribution < 1.29 is 0 Å². The molecule has 20 aromatic rings. The van der Waals surface area contributed by atoms with E-state index in [1.165, 1.54) is 0 Å². The van der Waals surface area contributed by atoms with E-state index in [0.717, 1.165) is 167 Å². The molecule has 0 aliphatic carbocycles. The lowest BCUT2D eigenvalue weighted by Crippen LogP contribution is -2.42. The van der Waals surface area contributed by atoms with Gasteiger partial charge in [-0.3, -0.25) is 23.6 Å². The normalized spacial score (nSPS) is 13.3. The van der Waals surface area contributed by atoms with Gasteiger partial charge in [-0.05, 0) is 139 Å². The van der Waals surface area contributed by atoms with Crippen LogP contribution in [-0.4, -0.2) is 34.1 Å². The number of aromatic nitrogens is 7. The van der Waals surface area contributed by atoms with E-state index in [1.807, 2.05) is 155 Å². The fourth-order valence-corrected chi connectivity index (χ4v) is 19.4. The van der Waals surface area contributed by atoms with Crippen LogP contribution < -0.4 is 20.9 Å². The van der Waals surface area contributed by atoms with E-state index < -0.39 is 10.8 Å². The molecule has 552 valence electrons. The van der Waals surface area contributed by atoms with Crippen molar-refractivity contribution in [3.05, 3.63) is 472 Å². The third-order valence-corrected chi connectivity index (χ3v) is 24.2. The topological polar surface area (TPSA) is 115 Å². The molecule has 0 N–H and O–H groups in total. The van der Waals surface area contributed by atoms with E-state index in [1.54, 1.807) is 0 Å². The quantitative estimate of drug-likeness (QED) is 0.137. The summed E-state index contributed by atoms with van der Waals surface area (Å²) in [6.07, 6.45) is 0. The van der Waals surface area contributed by atoms with E-state index in [-0.39, 0.29) is 11.1 Å². The second kappa shape index (κ2) is 26.9. The van der Waals surface area contributed by atoms with Crippen molar-refractivity contribution in [1.82, 2.24) is 34.1 Å². The van der Waals surface area contributed by atoms with E-state index in [0.29, 0.717) is 34.2 Å². The Morgan fingerprint density at radius 2 is 0.525 bits per heavy atom. The average Bonchev–Trinajstić information content (AvgIpc) is 0.671. The van der Waals surface area contributed by atoms with Gasteiger partial charge in [-0.1, -0.05) is 334 Å². The molecule has 4 aliphatic heterocycles. The van der Waals surface area contributed by atoms with E-state index >= 15 is 0 Å². The molecule has 118 heavy (non-hydrogen) atoms. The zero-order valence-electron chi connectivity index (χ0n) is 63.5. The van der Waals surface area contributed by atoms with Gasteiger partial charge in [-0.2, -0.15) is 0 Å². The SMILES string of the molecule is O=c1c2ccccc2c2cccc3c2n1-c1ccc(-c2ccccc2)cc1C31c2ccccc2N(c2nc(-c3ccccc3)cc(-c3ccccc3)n2)c2ccccc21.O=c1c2ccccc2c2cccc3c2n1-c1ccccc1C31c2ccccc2N(c2cccc(-c3nc(-c4ccccc4)nc(-c4ccccc4)n3)c2)c2ccccc21. The molecule has 11 heteroatoms. The number of fused-ring (bicyclic) bond motifs is 20. The first kappa shape index (κ1) is 67.8. The monoisotopic (exact) mass is 1510 g/mol. The van der Waals surface area contributed by atoms with Crippen LogP contribution >= 0.6 is 0 Å². The maximum absolute atomic E-state index is 14.9. The van der Waals surface area contributed by atoms with Gasteiger partial charge in [0.2, 0.25) is 5.95 Å². The summed E-state index contributed by atoms with van der Waals surface area (Å²) in [7, 11) is 0. The van der Waals surface area contributed by atoms with Crippen molar-refractivity contribution in [3.63, 3.8) is 0 Å². The van der Waals surface area contributed by atoms with Crippen molar-refractivity contribution in [1.29, 1.82) is 0 Å². The fraction of sp³-hybridized carbons (Fsp3) is 0.0187. The molecule has 0 radical (unpaired) electrons.